The lowest BCUT2D eigenvalue weighted by atomic mass is 10.1. The van der Waals surface area contributed by atoms with E-state index in [4.69, 9.17) is 4.74 Å². The van der Waals surface area contributed by atoms with Gasteiger partial charge in [0.1, 0.15) is 5.75 Å². The van der Waals surface area contributed by atoms with Gasteiger partial charge in [-0.15, -0.1) is 0 Å². The quantitative estimate of drug-likeness (QED) is 0.904. The van der Waals surface area contributed by atoms with Crippen molar-refractivity contribution in [3.8, 4) is 5.75 Å². The zero-order valence-electron chi connectivity index (χ0n) is 12.0. The molecule has 1 saturated carbocycles. The van der Waals surface area contributed by atoms with Crippen LogP contribution >= 0.6 is 0 Å². The minimum Gasteiger partial charge on any atom is -0.481 e. The Morgan fingerprint density at radius 1 is 1.32 bits per heavy atom. The molecule has 1 aromatic carbocycles. The second-order valence-electron chi connectivity index (χ2n) is 5.70. The molecular formula is C16H23NO2. The summed E-state index contributed by atoms with van der Waals surface area (Å²) in [6.45, 7) is 6.06. The van der Waals surface area contributed by atoms with E-state index in [-0.39, 0.29) is 5.91 Å². The van der Waals surface area contributed by atoms with Crippen molar-refractivity contribution >= 4 is 5.91 Å². The van der Waals surface area contributed by atoms with Crippen LogP contribution in [0, 0.1) is 12.8 Å². The second-order valence-corrected chi connectivity index (χ2v) is 5.70. The van der Waals surface area contributed by atoms with Crippen molar-refractivity contribution in [1.29, 1.82) is 0 Å². The lowest BCUT2D eigenvalue weighted by molar-refractivity contribution is -0.127. The van der Waals surface area contributed by atoms with Crippen LogP contribution in [0.2, 0.25) is 0 Å². The van der Waals surface area contributed by atoms with Crippen molar-refractivity contribution in [1.82, 2.24) is 5.32 Å². The summed E-state index contributed by atoms with van der Waals surface area (Å²) in [4.78, 5) is 12.0. The molecule has 0 saturated heterocycles. The maximum Gasteiger partial charge on any atom is 0.260 e. The molecule has 3 atom stereocenters. The molecule has 0 spiro atoms. The molecule has 1 aromatic rings. The van der Waals surface area contributed by atoms with Gasteiger partial charge in [-0.3, -0.25) is 4.79 Å². The number of rotatable bonds is 4. The van der Waals surface area contributed by atoms with Gasteiger partial charge in [-0.05, 0) is 51.2 Å². The summed E-state index contributed by atoms with van der Waals surface area (Å²) in [7, 11) is 0. The number of nitrogens with one attached hydrogen (secondary N) is 1. The van der Waals surface area contributed by atoms with Crippen LogP contribution in [-0.2, 0) is 4.79 Å². The maximum absolute atomic E-state index is 12.0. The molecule has 2 rings (SSSR count). The molecule has 1 fully saturated rings. The Labute approximate surface area is 115 Å². The fourth-order valence-corrected chi connectivity index (χ4v) is 2.53. The molecule has 1 aliphatic rings. The van der Waals surface area contributed by atoms with Gasteiger partial charge >= 0.3 is 0 Å². The van der Waals surface area contributed by atoms with Crippen molar-refractivity contribution in [3.05, 3.63) is 29.8 Å². The van der Waals surface area contributed by atoms with E-state index in [1.165, 1.54) is 12.0 Å². The number of carbonyl (C=O) groups is 1. The summed E-state index contributed by atoms with van der Waals surface area (Å²) in [6.07, 6.45) is 2.93. The Bertz CT molecular complexity index is 427. The monoisotopic (exact) mass is 261 g/mol. The van der Waals surface area contributed by atoms with E-state index < -0.39 is 6.10 Å². The summed E-state index contributed by atoms with van der Waals surface area (Å²) in [5.41, 5.74) is 1.18. The summed E-state index contributed by atoms with van der Waals surface area (Å²) in [6, 6.07) is 8.09. The molecule has 3 heteroatoms. The van der Waals surface area contributed by atoms with Crippen LogP contribution in [0.4, 0.5) is 0 Å². The first-order valence-electron chi connectivity index (χ1n) is 7.08. The third-order valence-electron chi connectivity index (χ3n) is 3.74. The van der Waals surface area contributed by atoms with Gasteiger partial charge in [0.15, 0.2) is 6.10 Å². The van der Waals surface area contributed by atoms with Gasteiger partial charge in [-0.25, -0.2) is 0 Å². The predicted molar refractivity (Wildman–Crippen MR) is 76.2 cm³/mol. The molecule has 3 unspecified atom stereocenters. The highest BCUT2D eigenvalue weighted by atomic mass is 16.5. The molecule has 1 amide bonds. The molecule has 19 heavy (non-hydrogen) atoms. The lowest BCUT2D eigenvalue weighted by Gasteiger charge is -2.18. The van der Waals surface area contributed by atoms with Crippen molar-refractivity contribution in [2.45, 2.75) is 52.2 Å². The molecule has 104 valence electrons. The number of carbonyl (C=O) groups excluding carboxylic acids is 1. The van der Waals surface area contributed by atoms with Gasteiger partial charge in [-0.2, -0.15) is 0 Å². The highest BCUT2D eigenvalue weighted by molar-refractivity contribution is 5.81. The predicted octanol–water partition coefficient (Wildman–Crippen LogP) is 3.07. The SMILES string of the molecule is Cc1ccc(OC(C)C(=O)NC2CCC(C)C2)cc1. The number of hydrogen-bond acceptors (Lipinski definition) is 2. The average Bonchev–Trinajstić information content (AvgIpc) is 2.77. The third-order valence-corrected chi connectivity index (χ3v) is 3.74. The van der Waals surface area contributed by atoms with Crippen molar-refractivity contribution in [2.75, 3.05) is 0 Å². The van der Waals surface area contributed by atoms with Crippen molar-refractivity contribution in [3.63, 3.8) is 0 Å². The second kappa shape index (κ2) is 6.09. The fourth-order valence-electron chi connectivity index (χ4n) is 2.53. The minimum atomic E-state index is -0.446. The van der Waals surface area contributed by atoms with Gasteiger partial charge in [-0.1, -0.05) is 24.6 Å². The Hall–Kier alpha value is -1.51. The van der Waals surface area contributed by atoms with Crippen LogP contribution in [-0.4, -0.2) is 18.1 Å². The number of aryl methyl sites for hydroxylation is 1. The Balaban J connectivity index is 1.83. The normalized spacial score (nSPS) is 23.9. The molecule has 1 aliphatic carbocycles. The van der Waals surface area contributed by atoms with Gasteiger partial charge < -0.3 is 10.1 Å². The number of benzene rings is 1. The third kappa shape index (κ3) is 3.98. The summed E-state index contributed by atoms with van der Waals surface area (Å²) in [5.74, 6) is 1.45. The molecule has 0 heterocycles. The van der Waals surface area contributed by atoms with E-state index in [0.29, 0.717) is 6.04 Å². The largest absolute Gasteiger partial charge is 0.481 e. The van der Waals surface area contributed by atoms with E-state index in [2.05, 4.69) is 12.2 Å². The molecule has 1 N–H and O–H groups in total. The molecular weight excluding hydrogens is 238 g/mol. The van der Waals surface area contributed by atoms with Crippen LogP contribution in [0.5, 0.6) is 5.75 Å². The van der Waals surface area contributed by atoms with Crippen LogP contribution in [0.25, 0.3) is 0 Å². The van der Waals surface area contributed by atoms with Gasteiger partial charge in [0.2, 0.25) is 0 Å². The molecule has 0 aliphatic heterocycles. The first-order chi connectivity index (χ1) is 9.04. The Kier molecular flexibility index (Phi) is 4.46. The standard InChI is InChI=1S/C16H23NO2/c1-11-5-8-15(9-6-11)19-13(3)16(18)17-14-7-4-12(2)10-14/h5-6,8-9,12-14H,4,7,10H2,1-3H3,(H,17,18). The van der Waals surface area contributed by atoms with Gasteiger partial charge in [0.25, 0.3) is 5.91 Å². The van der Waals surface area contributed by atoms with Crippen LogP contribution in [0.1, 0.15) is 38.7 Å². The highest BCUT2D eigenvalue weighted by Crippen LogP contribution is 2.24. The molecule has 0 radical (unpaired) electrons. The highest BCUT2D eigenvalue weighted by Gasteiger charge is 2.25. The summed E-state index contributed by atoms with van der Waals surface area (Å²) < 4.78 is 5.66. The van der Waals surface area contributed by atoms with Crippen molar-refractivity contribution in [2.24, 2.45) is 5.92 Å². The number of ether oxygens (including phenoxy) is 1. The van der Waals surface area contributed by atoms with E-state index in [0.717, 1.165) is 24.5 Å². The first kappa shape index (κ1) is 13.9. The van der Waals surface area contributed by atoms with Crippen LogP contribution < -0.4 is 10.1 Å². The molecule has 0 aromatic heterocycles. The topological polar surface area (TPSA) is 38.3 Å². The van der Waals surface area contributed by atoms with Gasteiger partial charge in [0, 0.05) is 6.04 Å². The number of amides is 1. The fraction of sp³-hybridized carbons (Fsp3) is 0.562. The zero-order valence-corrected chi connectivity index (χ0v) is 12.0. The zero-order chi connectivity index (χ0) is 13.8. The Morgan fingerprint density at radius 2 is 2.00 bits per heavy atom. The first-order valence-corrected chi connectivity index (χ1v) is 7.08. The minimum absolute atomic E-state index is 0.0142. The van der Waals surface area contributed by atoms with Gasteiger partial charge in [0.05, 0.1) is 0 Å². The lowest BCUT2D eigenvalue weighted by Crippen LogP contribution is -2.41. The van der Waals surface area contributed by atoms with E-state index in [9.17, 15) is 4.79 Å². The summed E-state index contributed by atoms with van der Waals surface area (Å²) in [5, 5.41) is 3.08. The van der Waals surface area contributed by atoms with E-state index in [1.807, 2.05) is 31.2 Å². The molecule has 3 nitrogen and oxygen atoms in total. The summed E-state index contributed by atoms with van der Waals surface area (Å²) >= 11 is 0. The molecule has 0 bridgehead atoms. The van der Waals surface area contributed by atoms with E-state index >= 15 is 0 Å². The number of hydrogen-bond donors (Lipinski definition) is 1. The Morgan fingerprint density at radius 3 is 2.58 bits per heavy atom. The smallest absolute Gasteiger partial charge is 0.260 e. The van der Waals surface area contributed by atoms with Crippen LogP contribution in [0.15, 0.2) is 24.3 Å². The van der Waals surface area contributed by atoms with Crippen molar-refractivity contribution < 1.29 is 9.53 Å². The van der Waals surface area contributed by atoms with Crippen LogP contribution in [0.3, 0.4) is 0 Å². The average molecular weight is 261 g/mol. The maximum atomic E-state index is 12.0. The van der Waals surface area contributed by atoms with E-state index in [1.54, 1.807) is 6.92 Å².